The highest BCUT2D eigenvalue weighted by Crippen LogP contribution is 2.03. The minimum Gasteiger partial charge on any atom is -0.376 e. The number of nitrogens with zero attached hydrogens (tertiary/aromatic N) is 2. The molecule has 0 spiro atoms. The molecular weight excluding hydrogens is 240 g/mol. The largest absolute Gasteiger partial charge is 0.376 e. The Morgan fingerprint density at radius 1 is 1.32 bits per heavy atom. The monoisotopic (exact) mass is 258 g/mol. The number of hydrogen-bond donors (Lipinski definition) is 2. The number of benzene rings is 1. The van der Waals surface area contributed by atoms with Gasteiger partial charge in [0.2, 0.25) is 5.91 Å². The van der Waals surface area contributed by atoms with E-state index < -0.39 is 0 Å². The zero-order chi connectivity index (χ0) is 13.5. The van der Waals surface area contributed by atoms with Gasteiger partial charge in [0, 0.05) is 38.1 Å². The number of hydrogen-bond acceptors (Lipinski definition) is 3. The molecule has 0 saturated carbocycles. The van der Waals surface area contributed by atoms with Gasteiger partial charge in [0.15, 0.2) is 0 Å². The summed E-state index contributed by atoms with van der Waals surface area (Å²) in [7, 11) is 1.95. The molecular formula is C14H18N4O. The third-order valence-electron chi connectivity index (χ3n) is 2.82. The van der Waals surface area contributed by atoms with Crippen molar-refractivity contribution >= 4 is 11.6 Å². The van der Waals surface area contributed by atoms with Crippen LogP contribution in [-0.2, 0) is 18.3 Å². The molecule has 0 aliphatic rings. The Balaban J connectivity index is 1.66. The second-order valence-corrected chi connectivity index (χ2v) is 4.27. The fourth-order valence-electron chi connectivity index (χ4n) is 1.75. The van der Waals surface area contributed by atoms with Gasteiger partial charge in [-0.05, 0) is 12.1 Å². The molecule has 2 N–H and O–H groups in total. The summed E-state index contributed by atoms with van der Waals surface area (Å²) in [6.45, 7) is 0.880. The molecule has 1 heterocycles. The van der Waals surface area contributed by atoms with E-state index in [2.05, 4.69) is 15.6 Å². The van der Waals surface area contributed by atoms with Gasteiger partial charge >= 0.3 is 0 Å². The number of rotatable bonds is 6. The van der Waals surface area contributed by atoms with Crippen molar-refractivity contribution in [2.24, 2.45) is 7.05 Å². The van der Waals surface area contributed by atoms with Crippen LogP contribution in [0.3, 0.4) is 0 Å². The Morgan fingerprint density at radius 3 is 2.79 bits per heavy atom. The number of aromatic nitrogens is 2. The van der Waals surface area contributed by atoms with Gasteiger partial charge in [-0.2, -0.15) is 0 Å². The quantitative estimate of drug-likeness (QED) is 0.818. The molecule has 0 unspecified atom stereocenters. The first-order chi connectivity index (χ1) is 9.25. The van der Waals surface area contributed by atoms with Gasteiger partial charge in [0.05, 0.1) is 6.54 Å². The van der Waals surface area contributed by atoms with Gasteiger partial charge in [0.25, 0.3) is 0 Å². The van der Waals surface area contributed by atoms with E-state index in [9.17, 15) is 4.79 Å². The molecule has 0 aliphatic heterocycles. The van der Waals surface area contributed by atoms with Gasteiger partial charge in [-0.3, -0.25) is 4.79 Å². The lowest BCUT2D eigenvalue weighted by atomic mass is 10.3. The lowest BCUT2D eigenvalue weighted by Crippen LogP contribution is -2.31. The second kappa shape index (κ2) is 6.58. The Kier molecular flexibility index (Phi) is 4.55. The molecule has 1 aromatic heterocycles. The molecule has 0 fully saturated rings. The summed E-state index contributed by atoms with van der Waals surface area (Å²) in [5.41, 5.74) is 0.946. The fourth-order valence-corrected chi connectivity index (χ4v) is 1.75. The lowest BCUT2D eigenvalue weighted by molar-refractivity contribution is -0.119. The number of anilines is 1. The minimum absolute atomic E-state index is 0.0157. The normalized spacial score (nSPS) is 10.2. The van der Waals surface area contributed by atoms with E-state index in [1.165, 1.54) is 0 Å². The van der Waals surface area contributed by atoms with Crippen LogP contribution in [0.1, 0.15) is 5.82 Å². The van der Waals surface area contributed by atoms with Crippen molar-refractivity contribution in [2.45, 2.75) is 6.42 Å². The minimum atomic E-state index is -0.0157. The Morgan fingerprint density at radius 2 is 2.11 bits per heavy atom. The van der Waals surface area contributed by atoms with Crippen LogP contribution in [0.25, 0.3) is 0 Å². The van der Waals surface area contributed by atoms with Crippen molar-refractivity contribution < 1.29 is 4.79 Å². The first-order valence-corrected chi connectivity index (χ1v) is 6.27. The zero-order valence-electron chi connectivity index (χ0n) is 11.0. The van der Waals surface area contributed by atoms with Crippen LogP contribution in [-0.4, -0.2) is 28.5 Å². The SMILES string of the molecule is Cn1ccnc1CCNC(=O)CNc1ccccc1. The summed E-state index contributed by atoms with van der Waals surface area (Å²) in [6.07, 6.45) is 4.39. The van der Waals surface area contributed by atoms with E-state index in [-0.39, 0.29) is 12.5 Å². The van der Waals surface area contributed by atoms with E-state index in [0.29, 0.717) is 6.54 Å². The highest BCUT2D eigenvalue weighted by Gasteiger charge is 2.02. The Hall–Kier alpha value is -2.30. The van der Waals surface area contributed by atoms with Crippen LogP contribution in [0.15, 0.2) is 42.7 Å². The van der Waals surface area contributed by atoms with Gasteiger partial charge in [-0.15, -0.1) is 0 Å². The summed E-state index contributed by atoms with van der Waals surface area (Å²) >= 11 is 0. The maximum absolute atomic E-state index is 11.6. The predicted octanol–water partition coefficient (Wildman–Crippen LogP) is 1.19. The van der Waals surface area contributed by atoms with Crippen LogP contribution < -0.4 is 10.6 Å². The predicted molar refractivity (Wildman–Crippen MR) is 74.9 cm³/mol. The summed E-state index contributed by atoms with van der Waals surface area (Å²) in [5, 5.41) is 5.93. The average Bonchev–Trinajstić information content (AvgIpc) is 2.83. The third-order valence-corrected chi connectivity index (χ3v) is 2.82. The highest BCUT2D eigenvalue weighted by atomic mass is 16.1. The maximum Gasteiger partial charge on any atom is 0.239 e. The van der Waals surface area contributed by atoms with Crippen LogP contribution in [0, 0.1) is 0 Å². The second-order valence-electron chi connectivity index (χ2n) is 4.27. The van der Waals surface area contributed by atoms with Crippen molar-refractivity contribution in [2.75, 3.05) is 18.4 Å². The molecule has 1 amide bonds. The van der Waals surface area contributed by atoms with Crippen molar-refractivity contribution in [1.29, 1.82) is 0 Å². The van der Waals surface area contributed by atoms with Crippen LogP contribution in [0.2, 0.25) is 0 Å². The number of carbonyl (C=O) groups excluding carboxylic acids is 1. The standard InChI is InChI=1S/C14H18N4O/c1-18-10-9-15-13(18)7-8-16-14(19)11-17-12-5-3-2-4-6-12/h2-6,9-10,17H,7-8,11H2,1H3,(H,16,19). The van der Waals surface area contributed by atoms with Crippen molar-refractivity contribution in [3.8, 4) is 0 Å². The molecule has 0 atom stereocenters. The zero-order valence-corrected chi connectivity index (χ0v) is 11.0. The molecule has 100 valence electrons. The summed E-state index contributed by atoms with van der Waals surface area (Å²) < 4.78 is 1.95. The smallest absolute Gasteiger partial charge is 0.239 e. The Labute approximate surface area is 112 Å². The fraction of sp³-hybridized carbons (Fsp3) is 0.286. The number of nitrogens with one attached hydrogen (secondary N) is 2. The molecule has 5 nitrogen and oxygen atoms in total. The third kappa shape index (κ3) is 4.13. The molecule has 5 heteroatoms. The first kappa shape index (κ1) is 13.1. The van der Waals surface area contributed by atoms with Crippen molar-refractivity contribution in [1.82, 2.24) is 14.9 Å². The molecule has 0 bridgehead atoms. The number of aryl methyl sites for hydroxylation is 1. The van der Waals surface area contributed by atoms with Gasteiger partial charge < -0.3 is 15.2 Å². The summed E-state index contributed by atoms with van der Waals surface area (Å²) in [6, 6.07) is 9.67. The van der Waals surface area contributed by atoms with Gasteiger partial charge in [0.1, 0.15) is 5.82 Å². The molecule has 1 aromatic carbocycles. The van der Waals surface area contributed by atoms with Gasteiger partial charge in [-0.1, -0.05) is 18.2 Å². The maximum atomic E-state index is 11.6. The van der Waals surface area contributed by atoms with Crippen LogP contribution in [0.4, 0.5) is 5.69 Å². The number of amides is 1. The van der Waals surface area contributed by atoms with Gasteiger partial charge in [-0.25, -0.2) is 4.98 Å². The summed E-state index contributed by atoms with van der Waals surface area (Å²) in [5.74, 6) is 0.953. The number of imidazole rings is 1. The van der Waals surface area contributed by atoms with E-state index >= 15 is 0 Å². The average molecular weight is 258 g/mol. The molecule has 2 rings (SSSR count). The molecule has 19 heavy (non-hydrogen) atoms. The topological polar surface area (TPSA) is 59.0 Å². The molecule has 0 saturated heterocycles. The molecule has 0 aliphatic carbocycles. The van der Waals surface area contributed by atoms with Crippen molar-refractivity contribution in [3.05, 3.63) is 48.5 Å². The Bertz CT molecular complexity index is 521. The summed E-state index contributed by atoms with van der Waals surface area (Å²) in [4.78, 5) is 15.8. The molecule has 0 radical (unpaired) electrons. The van der Waals surface area contributed by atoms with E-state index in [1.807, 2.05) is 48.1 Å². The van der Waals surface area contributed by atoms with E-state index in [1.54, 1.807) is 6.20 Å². The van der Waals surface area contributed by atoms with Crippen molar-refractivity contribution in [3.63, 3.8) is 0 Å². The number of carbonyl (C=O) groups is 1. The first-order valence-electron chi connectivity index (χ1n) is 6.27. The number of para-hydroxylation sites is 1. The van der Waals surface area contributed by atoms with E-state index in [4.69, 9.17) is 0 Å². The van der Waals surface area contributed by atoms with Crippen LogP contribution >= 0.6 is 0 Å². The lowest BCUT2D eigenvalue weighted by Gasteiger charge is -2.07. The highest BCUT2D eigenvalue weighted by molar-refractivity contribution is 5.80. The van der Waals surface area contributed by atoms with E-state index in [0.717, 1.165) is 17.9 Å². The van der Waals surface area contributed by atoms with Crippen LogP contribution in [0.5, 0.6) is 0 Å². The molecule has 2 aromatic rings.